The lowest BCUT2D eigenvalue weighted by Gasteiger charge is -2.16. The molecule has 0 radical (unpaired) electrons. The van der Waals surface area contributed by atoms with Gasteiger partial charge in [0, 0.05) is 23.8 Å². The second kappa shape index (κ2) is 8.35. The van der Waals surface area contributed by atoms with E-state index in [9.17, 15) is 0 Å². The summed E-state index contributed by atoms with van der Waals surface area (Å²) in [4.78, 5) is 4.65. The normalized spacial score (nSPS) is 12.7. The van der Waals surface area contributed by atoms with Crippen LogP contribution in [-0.4, -0.2) is 16.1 Å². The Morgan fingerprint density at radius 3 is 2.81 bits per heavy atom. The molecule has 1 atom stereocenters. The summed E-state index contributed by atoms with van der Waals surface area (Å²) < 4.78 is 2.25. The fourth-order valence-corrected chi connectivity index (χ4v) is 3.26. The van der Waals surface area contributed by atoms with Gasteiger partial charge in [-0.2, -0.15) is 0 Å². The zero-order valence-corrected chi connectivity index (χ0v) is 14.2. The van der Waals surface area contributed by atoms with E-state index in [-0.39, 0.29) is 0 Å². The Morgan fingerprint density at radius 1 is 1.29 bits per heavy atom. The minimum Gasteiger partial charge on any atom is -0.348 e. The van der Waals surface area contributed by atoms with E-state index in [4.69, 9.17) is 0 Å². The van der Waals surface area contributed by atoms with Gasteiger partial charge in [0.05, 0.1) is 17.2 Å². The number of nitrogens with zero attached hydrogens (tertiary/aromatic N) is 2. The highest BCUT2D eigenvalue weighted by Gasteiger charge is 2.11. The van der Waals surface area contributed by atoms with Crippen molar-refractivity contribution in [3.05, 3.63) is 40.1 Å². The Bertz CT molecular complexity index is 530. The summed E-state index contributed by atoms with van der Waals surface area (Å²) in [6.45, 7) is 8.59. The van der Waals surface area contributed by atoms with Gasteiger partial charge < -0.3 is 9.88 Å². The average Bonchev–Trinajstić information content (AvgIpc) is 3.13. The number of thiazole rings is 1. The first-order chi connectivity index (χ1) is 10.3. The number of rotatable bonds is 9. The van der Waals surface area contributed by atoms with Crippen molar-refractivity contribution in [3.8, 4) is 0 Å². The molecule has 0 aliphatic rings. The molecule has 1 unspecified atom stereocenters. The summed E-state index contributed by atoms with van der Waals surface area (Å²) in [5.74, 6) is 0. The third-order valence-electron chi connectivity index (χ3n) is 3.64. The number of hydrogen-bond acceptors (Lipinski definition) is 3. The summed E-state index contributed by atoms with van der Waals surface area (Å²) in [5.41, 5.74) is 2.57. The molecule has 21 heavy (non-hydrogen) atoms. The average molecular weight is 305 g/mol. The molecule has 0 saturated carbocycles. The molecule has 0 aliphatic carbocycles. The van der Waals surface area contributed by atoms with E-state index in [1.54, 1.807) is 11.3 Å². The molecule has 0 aromatic carbocycles. The summed E-state index contributed by atoms with van der Waals surface area (Å²) in [6, 6.07) is 2.73. The Kier molecular flexibility index (Phi) is 6.46. The van der Waals surface area contributed by atoms with Crippen molar-refractivity contribution in [2.45, 2.75) is 59.0 Å². The molecule has 2 aromatic rings. The minimum absolute atomic E-state index is 0.484. The van der Waals surface area contributed by atoms with E-state index in [1.807, 2.05) is 0 Å². The van der Waals surface area contributed by atoms with Crippen LogP contribution < -0.4 is 5.32 Å². The Hall–Kier alpha value is -1.13. The maximum Gasteiger partial charge on any atom is 0.0926 e. The second-order valence-electron chi connectivity index (χ2n) is 5.50. The van der Waals surface area contributed by atoms with E-state index in [0.717, 1.165) is 19.5 Å². The number of hydrogen-bond donors (Lipinski definition) is 1. The van der Waals surface area contributed by atoms with Gasteiger partial charge in [-0.25, -0.2) is 4.98 Å². The van der Waals surface area contributed by atoms with Crippen LogP contribution in [0.5, 0.6) is 0 Å². The number of aryl methyl sites for hydroxylation is 1. The van der Waals surface area contributed by atoms with E-state index in [0.29, 0.717) is 6.04 Å². The smallest absolute Gasteiger partial charge is 0.0926 e. The Morgan fingerprint density at radius 2 is 2.14 bits per heavy atom. The third-order valence-corrected chi connectivity index (χ3v) is 4.68. The van der Waals surface area contributed by atoms with Crippen molar-refractivity contribution in [3.63, 3.8) is 0 Å². The molecule has 2 aromatic heterocycles. The molecule has 1 N–H and O–H groups in total. The summed E-state index contributed by atoms with van der Waals surface area (Å²) >= 11 is 1.76. The van der Waals surface area contributed by atoms with Gasteiger partial charge in [-0.05, 0) is 37.4 Å². The molecule has 2 heterocycles. The monoisotopic (exact) mass is 305 g/mol. The first kappa shape index (κ1) is 16.2. The third kappa shape index (κ3) is 4.68. The highest BCUT2D eigenvalue weighted by atomic mass is 32.1. The Labute approximate surface area is 132 Å². The topological polar surface area (TPSA) is 29.9 Å². The fraction of sp³-hybridized carbons (Fsp3) is 0.588. The molecular weight excluding hydrogens is 278 g/mol. The Balaban J connectivity index is 2.01. The van der Waals surface area contributed by atoms with Crippen molar-refractivity contribution in [1.29, 1.82) is 0 Å². The van der Waals surface area contributed by atoms with Crippen molar-refractivity contribution < 1.29 is 0 Å². The molecule has 0 saturated heterocycles. The van der Waals surface area contributed by atoms with Crippen LogP contribution in [0.25, 0.3) is 0 Å². The first-order valence-corrected chi connectivity index (χ1v) is 8.97. The zero-order chi connectivity index (χ0) is 15.1. The van der Waals surface area contributed by atoms with Gasteiger partial charge >= 0.3 is 0 Å². The molecule has 0 spiro atoms. The van der Waals surface area contributed by atoms with Gasteiger partial charge in [0.15, 0.2) is 0 Å². The van der Waals surface area contributed by atoms with E-state index in [2.05, 4.69) is 59.5 Å². The van der Waals surface area contributed by atoms with Gasteiger partial charge in [0.1, 0.15) is 0 Å². The number of nitrogens with one attached hydrogen (secondary N) is 1. The van der Waals surface area contributed by atoms with Crippen molar-refractivity contribution in [1.82, 2.24) is 14.9 Å². The minimum atomic E-state index is 0.484. The summed E-state index contributed by atoms with van der Waals surface area (Å²) in [5, 5.41) is 7.06. The van der Waals surface area contributed by atoms with Crippen LogP contribution >= 0.6 is 11.3 Å². The SMILES string of the molecule is CCCNC(CCC)c1ccn(Cc2csc(CC)n2)c1. The second-order valence-corrected chi connectivity index (χ2v) is 6.44. The van der Waals surface area contributed by atoms with Gasteiger partial charge in [0.25, 0.3) is 0 Å². The molecule has 0 bridgehead atoms. The predicted octanol–water partition coefficient (Wildman–Crippen LogP) is 4.40. The molecule has 3 nitrogen and oxygen atoms in total. The van der Waals surface area contributed by atoms with Gasteiger partial charge in [-0.15, -0.1) is 11.3 Å². The quantitative estimate of drug-likeness (QED) is 0.744. The van der Waals surface area contributed by atoms with Gasteiger partial charge in [-0.3, -0.25) is 0 Å². The molecule has 2 rings (SSSR count). The lowest BCUT2D eigenvalue weighted by Crippen LogP contribution is -2.21. The molecule has 116 valence electrons. The van der Waals surface area contributed by atoms with E-state index >= 15 is 0 Å². The zero-order valence-electron chi connectivity index (χ0n) is 13.4. The van der Waals surface area contributed by atoms with Crippen LogP contribution in [-0.2, 0) is 13.0 Å². The van der Waals surface area contributed by atoms with Crippen LogP contribution in [0.1, 0.15) is 62.3 Å². The van der Waals surface area contributed by atoms with Crippen molar-refractivity contribution in [2.75, 3.05) is 6.54 Å². The van der Waals surface area contributed by atoms with E-state index < -0.39 is 0 Å². The molecule has 0 amide bonds. The van der Waals surface area contributed by atoms with Gasteiger partial charge in [0.2, 0.25) is 0 Å². The van der Waals surface area contributed by atoms with Crippen LogP contribution in [0.3, 0.4) is 0 Å². The maximum atomic E-state index is 4.65. The largest absolute Gasteiger partial charge is 0.348 e. The van der Waals surface area contributed by atoms with Crippen molar-refractivity contribution >= 4 is 11.3 Å². The van der Waals surface area contributed by atoms with E-state index in [1.165, 1.54) is 35.5 Å². The van der Waals surface area contributed by atoms with Crippen LogP contribution in [0.2, 0.25) is 0 Å². The first-order valence-electron chi connectivity index (χ1n) is 8.09. The summed E-state index contributed by atoms with van der Waals surface area (Å²) in [7, 11) is 0. The van der Waals surface area contributed by atoms with Gasteiger partial charge in [-0.1, -0.05) is 27.2 Å². The lowest BCUT2D eigenvalue weighted by atomic mass is 10.1. The van der Waals surface area contributed by atoms with Crippen LogP contribution in [0.15, 0.2) is 23.8 Å². The van der Waals surface area contributed by atoms with Crippen LogP contribution in [0, 0.1) is 0 Å². The highest BCUT2D eigenvalue weighted by Crippen LogP contribution is 2.20. The summed E-state index contributed by atoms with van der Waals surface area (Å²) in [6.07, 6.45) is 9.06. The lowest BCUT2D eigenvalue weighted by molar-refractivity contribution is 0.493. The number of aromatic nitrogens is 2. The predicted molar refractivity (Wildman–Crippen MR) is 91.0 cm³/mol. The standard InChI is InChI=1S/C17H27N3S/c1-4-7-16(18-9-5-2)14-8-10-20(11-14)12-15-13-21-17(6-3)19-15/h8,10-11,13,16,18H,4-7,9,12H2,1-3H3. The molecule has 0 fully saturated rings. The fourth-order valence-electron chi connectivity index (χ4n) is 2.53. The molecular formula is C17H27N3S. The molecule has 4 heteroatoms. The van der Waals surface area contributed by atoms with Crippen LogP contribution in [0.4, 0.5) is 0 Å². The van der Waals surface area contributed by atoms with Crippen molar-refractivity contribution in [2.24, 2.45) is 0 Å². The maximum absolute atomic E-state index is 4.65. The molecule has 0 aliphatic heterocycles. The highest BCUT2D eigenvalue weighted by molar-refractivity contribution is 7.09.